The van der Waals surface area contributed by atoms with Gasteiger partial charge in [-0.1, -0.05) is 62.6 Å². The van der Waals surface area contributed by atoms with E-state index < -0.39 is 16.2 Å². The van der Waals surface area contributed by atoms with Crippen molar-refractivity contribution in [2.24, 2.45) is 0 Å². The lowest BCUT2D eigenvalue weighted by molar-refractivity contribution is -0.127. The van der Waals surface area contributed by atoms with Crippen LogP contribution in [-0.4, -0.2) is 45.7 Å². The Hall–Kier alpha value is -0.990. The molecule has 174 valence electrons. The average Bonchev–Trinajstić information content (AvgIpc) is 2.71. The summed E-state index contributed by atoms with van der Waals surface area (Å²) in [6.07, 6.45) is 8.56. The van der Waals surface area contributed by atoms with Crippen LogP contribution in [0, 0.1) is 6.92 Å². The molecule has 0 aliphatic rings. The van der Waals surface area contributed by atoms with Gasteiger partial charge in [0.25, 0.3) is 10.1 Å². The van der Waals surface area contributed by atoms with Crippen LogP contribution in [-0.2, 0) is 23.8 Å². The van der Waals surface area contributed by atoms with Crippen molar-refractivity contribution in [2.45, 2.75) is 95.8 Å². The van der Waals surface area contributed by atoms with Gasteiger partial charge in [-0.25, -0.2) is 0 Å². The second-order valence-electron chi connectivity index (χ2n) is 7.72. The molecule has 0 amide bonds. The molecular weight excluding hydrogens is 404 g/mol. The van der Waals surface area contributed by atoms with E-state index in [-0.39, 0.29) is 17.8 Å². The molecule has 30 heavy (non-hydrogen) atoms. The fourth-order valence-electron chi connectivity index (χ4n) is 3.10. The van der Waals surface area contributed by atoms with Crippen LogP contribution in [0.1, 0.15) is 77.2 Å². The molecule has 0 aromatic heterocycles. The van der Waals surface area contributed by atoms with E-state index in [2.05, 4.69) is 0 Å². The van der Waals surface area contributed by atoms with Crippen LogP contribution >= 0.6 is 0 Å². The van der Waals surface area contributed by atoms with Crippen molar-refractivity contribution in [1.29, 1.82) is 0 Å². The third kappa shape index (κ3) is 12.6. The molecule has 0 fully saturated rings. The summed E-state index contributed by atoms with van der Waals surface area (Å²) in [5.74, 6) is 0. The summed E-state index contributed by atoms with van der Waals surface area (Å²) in [5.41, 5.74) is 0.982. The number of ether oxygens (including phenoxy) is 2. The fourth-order valence-corrected chi connectivity index (χ4v) is 4.04. The quantitative estimate of drug-likeness (QED) is 0.196. The molecule has 7 heteroatoms. The molecule has 1 unspecified atom stereocenters. The van der Waals surface area contributed by atoms with Gasteiger partial charge in [-0.05, 0) is 45.7 Å². The summed E-state index contributed by atoms with van der Waals surface area (Å²) >= 11 is 0. The lowest BCUT2D eigenvalue weighted by Crippen LogP contribution is -2.19. The predicted octanol–water partition coefficient (Wildman–Crippen LogP) is 4.97. The van der Waals surface area contributed by atoms with Gasteiger partial charge in [-0.2, -0.15) is 8.42 Å². The summed E-state index contributed by atoms with van der Waals surface area (Å²) in [7, 11) is -3.81. The van der Waals surface area contributed by atoms with Crippen molar-refractivity contribution < 1.29 is 27.2 Å². The van der Waals surface area contributed by atoms with Crippen LogP contribution in [0.25, 0.3) is 0 Å². The van der Waals surface area contributed by atoms with E-state index in [0.717, 1.165) is 37.9 Å². The van der Waals surface area contributed by atoms with E-state index in [4.69, 9.17) is 13.7 Å². The summed E-state index contributed by atoms with van der Waals surface area (Å²) in [6.45, 7) is 7.02. The molecule has 0 heterocycles. The normalized spacial score (nSPS) is 14.0. The molecule has 1 aromatic carbocycles. The predicted molar refractivity (Wildman–Crippen MR) is 119 cm³/mol. The molecule has 1 N–H and O–H groups in total. The Bertz CT molecular complexity index is 644. The Kier molecular flexibility index (Phi) is 14.2. The van der Waals surface area contributed by atoms with Gasteiger partial charge in [0.2, 0.25) is 0 Å². The number of aliphatic hydroxyl groups is 1. The first-order chi connectivity index (χ1) is 14.3. The molecule has 0 spiro atoms. The largest absolute Gasteiger partial charge is 0.391 e. The van der Waals surface area contributed by atoms with Gasteiger partial charge in [0.1, 0.15) is 0 Å². The van der Waals surface area contributed by atoms with Crippen molar-refractivity contribution in [3.8, 4) is 0 Å². The van der Waals surface area contributed by atoms with Crippen molar-refractivity contribution in [3.05, 3.63) is 29.8 Å². The monoisotopic (exact) mass is 444 g/mol. The number of rotatable bonds is 18. The summed E-state index contributed by atoms with van der Waals surface area (Å²) in [6, 6.07) is 6.49. The van der Waals surface area contributed by atoms with E-state index in [0.29, 0.717) is 13.0 Å². The lowest BCUT2D eigenvalue weighted by Gasteiger charge is -2.12. The van der Waals surface area contributed by atoms with Gasteiger partial charge in [0, 0.05) is 13.2 Å². The highest BCUT2D eigenvalue weighted by molar-refractivity contribution is 7.86. The Labute approximate surface area is 183 Å². The SMILES string of the molecule is CCOC(C)OCCCCCCCCCC[C@H](O)COS(=O)(=O)c1ccc(C)cc1. The number of aryl methyl sites for hydroxylation is 1. The van der Waals surface area contributed by atoms with E-state index in [1.807, 2.05) is 20.8 Å². The number of benzene rings is 1. The lowest BCUT2D eigenvalue weighted by atomic mass is 10.1. The summed E-state index contributed by atoms with van der Waals surface area (Å²) in [5, 5.41) is 9.99. The summed E-state index contributed by atoms with van der Waals surface area (Å²) < 4.78 is 40.1. The van der Waals surface area contributed by atoms with Gasteiger partial charge in [0.15, 0.2) is 6.29 Å². The van der Waals surface area contributed by atoms with Crippen molar-refractivity contribution in [2.75, 3.05) is 19.8 Å². The molecular formula is C23H40O6S. The van der Waals surface area contributed by atoms with Crippen LogP contribution in [0.4, 0.5) is 0 Å². The first-order valence-electron chi connectivity index (χ1n) is 11.2. The first kappa shape index (κ1) is 27.0. The third-order valence-corrected chi connectivity index (χ3v) is 6.21. The molecule has 2 atom stereocenters. The van der Waals surface area contributed by atoms with E-state index in [9.17, 15) is 13.5 Å². The molecule has 0 aliphatic heterocycles. The van der Waals surface area contributed by atoms with Gasteiger partial charge < -0.3 is 14.6 Å². The highest BCUT2D eigenvalue weighted by Gasteiger charge is 2.17. The smallest absolute Gasteiger partial charge is 0.297 e. The highest BCUT2D eigenvalue weighted by Crippen LogP contribution is 2.15. The standard InChI is InChI=1S/C23H40O6S/c1-4-27-21(3)28-18-12-10-8-6-5-7-9-11-13-22(24)19-29-30(25,26)23-16-14-20(2)15-17-23/h14-17,21-22,24H,4-13,18-19H2,1-3H3/t21?,22-/m0/s1. The van der Waals surface area contributed by atoms with Crippen LogP contribution in [0.5, 0.6) is 0 Å². The maximum absolute atomic E-state index is 12.1. The molecule has 1 aromatic rings. The van der Waals surface area contributed by atoms with Crippen LogP contribution in [0.2, 0.25) is 0 Å². The van der Waals surface area contributed by atoms with Crippen LogP contribution < -0.4 is 0 Å². The second kappa shape index (κ2) is 15.8. The Morgan fingerprint density at radius 1 is 0.900 bits per heavy atom. The third-order valence-electron chi connectivity index (χ3n) is 4.91. The van der Waals surface area contributed by atoms with Crippen molar-refractivity contribution in [1.82, 2.24) is 0 Å². The fraction of sp³-hybridized carbons (Fsp3) is 0.739. The van der Waals surface area contributed by atoms with Crippen LogP contribution in [0.15, 0.2) is 29.2 Å². The number of hydrogen-bond donors (Lipinski definition) is 1. The molecule has 1 rings (SSSR count). The van der Waals surface area contributed by atoms with Crippen molar-refractivity contribution >= 4 is 10.1 Å². The number of unbranched alkanes of at least 4 members (excludes halogenated alkanes) is 7. The van der Waals surface area contributed by atoms with Gasteiger partial charge >= 0.3 is 0 Å². The minimum Gasteiger partial charge on any atom is -0.391 e. The molecule has 0 aliphatic carbocycles. The summed E-state index contributed by atoms with van der Waals surface area (Å²) in [4.78, 5) is 0.121. The number of hydrogen-bond acceptors (Lipinski definition) is 6. The maximum atomic E-state index is 12.1. The minimum atomic E-state index is -3.81. The van der Waals surface area contributed by atoms with Gasteiger partial charge in [-0.3, -0.25) is 4.18 Å². The zero-order valence-electron chi connectivity index (χ0n) is 18.8. The Balaban J connectivity index is 1.98. The average molecular weight is 445 g/mol. The molecule has 6 nitrogen and oxygen atoms in total. The zero-order valence-corrected chi connectivity index (χ0v) is 19.7. The van der Waals surface area contributed by atoms with E-state index in [1.54, 1.807) is 12.1 Å². The molecule has 0 saturated carbocycles. The zero-order chi connectivity index (χ0) is 22.2. The van der Waals surface area contributed by atoms with Crippen molar-refractivity contribution in [3.63, 3.8) is 0 Å². The highest BCUT2D eigenvalue weighted by atomic mass is 32.2. The van der Waals surface area contributed by atoms with Gasteiger partial charge in [-0.15, -0.1) is 0 Å². The van der Waals surface area contributed by atoms with Crippen LogP contribution in [0.3, 0.4) is 0 Å². The molecule has 0 radical (unpaired) electrons. The number of aliphatic hydroxyl groups excluding tert-OH is 1. The molecule has 0 bridgehead atoms. The Morgan fingerprint density at radius 2 is 1.47 bits per heavy atom. The minimum absolute atomic E-state index is 0.113. The van der Waals surface area contributed by atoms with E-state index >= 15 is 0 Å². The van der Waals surface area contributed by atoms with E-state index in [1.165, 1.54) is 37.8 Å². The molecule has 0 saturated heterocycles. The maximum Gasteiger partial charge on any atom is 0.297 e. The first-order valence-corrected chi connectivity index (χ1v) is 12.6. The topological polar surface area (TPSA) is 82.1 Å². The van der Waals surface area contributed by atoms with Gasteiger partial charge in [0.05, 0.1) is 17.6 Å². The Morgan fingerprint density at radius 3 is 2.07 bits per heavy atom. The second-order valence-corrected chi connectivity index (χ2v) is 9.33.